The van der Waals surface area contributed by atoms with E-state index in [-0.39, 0.29) is 0 Å². The Morgan fingerprint density at radius 3 is 1.45 bits per heavy atom. The standard InChI is InChI=1S/C8H18.Cl2S/c1-7(2)6-8(3,4)5;1-3-2/h7H,6H2,1-5H3;. The fourth-order valence-corrected chi connectivity index (χ4v) is 1.22. The minimum absolute atomic E-state index is 0.522. The third-order valence-electron chi connectivity index (χ3n) is 1.02. The minimum Gasteiger partial charge on any atom is -0.0628 e. The normalized spacial score (nSPS) is 10.9. The Morgan fingerprint density at radius 1 is 1.18 bits per heavy atom. The molecule has 0 bridgehead atoms. The molecule has 0 N–H and O–H groups in total. The van der Waals surface area contributed by atoms with Gasteiger partial charge in [0, 0.05) is 0 Å². The van der Waals surface area contributed by atoms with E-state index in [2.05, 4.69) is 56.0 Å². The first kappa shape index (κ1) is 14.5. The van der Waals surface area contributed by atoms with E-state index in [1.165, 1.54) is 6.42 Å². The van der Waals surface area contributed by atoms with Crippen LogP contribution in [0.15, 0.2) is 0 Å². The first-order valence-corrected chi connectivity index (χ1v) is 6.19. The van der Waals surface area contributed by atoms with E-state index in [1.807, 2.05) is 0 Å². The lowest BCUT2D eigenvalue weighted by Gasteiger charge is -2.19. The predicted octanol–water partition coefficient (Wildman–Crippen LogP) is 5.11. The fourth-order valence-electron chi connectivity index (χ4n) is 1.22. The molecule has 0 aliphatic carbocycles. The molecule has 0 saturated heterocycles. The van der Waals surface area contributed by atoms with E-state index in [4.69, 9.17) is 0 Å². The molecule has 0 aromatic carbocycles. The van der Waals surface area contributed by atoms with Gasteiger partial charge in [-0.15, -0.1) is 0 Å². The monoisotopic (exact) mass is 216 g/mol. The van der Waals surface area contributed by atoms with Gasteiger partial charge in [0.15, 0.2) is 0 Å². The molecule has 0 heterocycles. The van der Waals surface area contributed by atoms with Crippen LogP contribution in [0.5, 0.6) is 0 Å². The van der Waals surface area contributed by atoms with Gasteiger partial charge >= 0.3 is 0 Å². The van der Waals surface area contributed by atoms with Crippen LogP contribution >= 0.6 is 31.6 Å². The molecule has 0 fully saturated rings. The molecule has 0 radical (unpaired) electrons. The summed E-state index contributed by atoms with van der Waals surface area (Å²) in [5.41, 5.74) is 0.522. The van der Waals surface area contributed by atoms with Gasteiger partial charge in [-0.05, 0) is 39.1 Å². The maximum absolute atomic E-state index is 4.68. The molecule has 0 amide bonds. The fraction of sp³-hybridized carbons (Fsp3) is 1.00. The molecule has 0 nitrogen and oxygen atoms in total. The first-order chi connectivity index (χ1) is 4.83. The van der Waals surface area contributed by atoms with Gasteiger partial charge in [-0.1, -0.05) is 34.6 Å². The van der Waals surface area contributed by atoms with Crippen LogP contribution in [-0.4, -0.2) is 0 Å². The lowest BCUT2D eigenvalue weighted by Crippen LogP contribution is -2.08. The van der Waals surface area contributed by atoms with Crippen molar-refractivity contribution in [1.29, 1.82) is 0 Å². The molecule has 0 rings (SSSR count). The number of hydrogen-bond donors (Lipinski definition) is 0. The summed E-state index contributed by atoms with van der Waals surface area (Å²) in [6.07, 6.45) is 1.33. The van der Waals surface area contributed by atoms with E-state index in [0.29, 0.717) is 15.6 Å². The van der Waals surface area contributed by atoms with Crippen LogP contribution in [0.1, 0.15) is 41.0 Å². The van der Waals surface area contributed by atoms with Crippen molar-refractivity contribution in [1.82, 2.24) is 0 Å². The third-order valence-corrected chi connectivity index (χ3v) is 1.02. The summed E-state index contributed by atoms with van der Waals surface area (Å²) in [5, 5.41) is 0. The van der Waals surface area contributed by atoms with Crippen molar-refractivity contribution in [2.24, 2.45) is 11.3 Å². The van der Waals surface area contributed by atoms with Gasteiger partial charge in [0.2, 0.25) is 0 Å². The third kappa shape index (κ3) is 24.8. The van der Waals surface area contributed by atoms with Gasteiger partial charge in [0.25, 0.3) is 0 Å². The van der Waals surface area contributed by atoms with E-state index >= 15 is 0 Å². The van der Waals surface area contributed by atoms with Gasteiger partial charge in [-0.3, -0.25) is 0 Å². The Morgan fingerprint density at radius 2 is 1.45 bits per heavy atom. The summed E-state index contributed by atoms with van der Waals surface area (Å²) < 4.78 is 0. The SMILES string of the molecule is CC(C)CC(C)(C)C.ClSCl. The number of rotatable bonds is 1. The van der Waals surface area contributed by atoms with Gasteiger partial charge in [0.1, 0.15) is 0 Å². The van der Waals surface area contributed by atoms with Gasteiger partial charge in [-0.25, -0.2) is 0 Å². The Bertz CT molecular complexity index is 76.7. The summed E-state index contributed by atoms with van der Waals surface area (Å²) in [6.45, 7) is 11.4. The molecule has 70 valence electrons. The van der Waals surface area contributed by atoms with E-state index in [0.717, 1.165) is 5.92 Å². The second kappa shape index (κ2) is 7.57. The summed E-state index contributed by atoms with van der Waals surface area (Å²) in [6, 6.07) is 0. The topological polar surface area (TPSA) is 0 Å². The molecule has 0 aliphatic heterocycles. The maximum Gasteiger partial charge on any atom is 0.0523 e. The Kier molecular flexibility index (Phi) is 9.95. The van der Waals surface area contributed by atoms with E-state index < -0.39 is 0 Å². The smallest absolute Gasteiger partial charge is 0.0523 e. The summed E-state index contributed by atoms with van der Waals surface area (Å²) in [7, 11) is 10.1. The molecule has 0 saturated carbocycles. The number of halogens is 2. The molecule has 11 heavy (non-hydrogen) atoms. The summed E-state index contributed by atoms with van der Waals surface area (Å²) in [5.74, 6) is 0.843. The van der Waals surface area contributed by atoms with Gasteiger partial charge in [0.05, 0.1) is 10.2 Å². The van der Waals surface area contributed by atoms with Crippen molar-refractivity contribution in [2.45, 2.75) is 41.0 Å². The lowest BCUT2D eigenvalue weighted by molar-refractivity contribution is 0.320. The first-order valence-electron chi connectivity index (χ1n) is 3.73. The van der Waals surface area contributed by atoms with Gasteiger partial charge in [-0.2, -0.15) is 0 Å². The van der Waals surface area contributed by atoms with Crippen molar-refractivity contribution in [2.75, 3.05) is 0 Å². The molecule has 0 aromatic heterocycles. The molecular formula is C8H18Cl2S. The molecule has 0 unspecified atom stereocenters. The summed E-state index contributed by atoms with van der Waals surface area (Å²) in [4.78, 5) is 0. The minimum atomic E-state index is 0.522. The van der Waals surface area contributed by atoms with E-state index in [9.17, 15) is 0 Å². The van der Waals surface area contributed by atoms with Crippen LogP contribution in [0.2, 0.25) is 0 Å². The van der Waals surface area contributed by atoms with Crippen LogP contribution in [-0.2, 0) is 0 Å². The van der Waals surface area contributed by atoms with Crippen molar-refractivity contribution in [3.63, 3.8) is 0 Å². The highest BCUT2D eigenvalue weighted by Crippen LogP contribution is 2.23. The predicted molar refractivity (Wildman–Crippen MR) is 58.2 cm³/mol. The Balaban J connectivity index is 0. The molecule has 3 heteroatoms. The highest BCUT2D eigenvalue weighted by molar-refractivity contribution is 8.38. The second-order valence-corrected chi connectivity index (χ2v) is 5.73. The molecule has 0 aromatic rings. The Hall–Kier alpha value is 0.930. The highest BCUT2D eigenvalue weighted by Gasteiger charge is 2.11. The molecule has 0 spiro atoms. The zero-order valence-corrected chi connectivity index (χ0v) is 10.3. The highest BCUT2D eigenvalue weighted by atomic mass is 36.0. The average Bonchev–Trinajstić information content (AvgIpc) is 1.57. The van der Waals surface area contributed by atoms with Crippen molar-refractivity contribution >= 4 is 31.6 Å². The largest absolute Gasteiger partial charge is 0.0628 e. The zero-order valence-electron chi connectivity index (χ0n) is 7.95. The van der Waals surface area contributed by atoms with Crippen LogP contribution in [0.4, 0.5) is 0 Å². The van der Waals surface area contributed by atoms with Crippen molar-refractivity contribution in [3.8, 4) is 0 Å². The van der Waals surface area contributed by atoms with Gasteiger partial charge < -0.3 is 0 Å². The number of hydrogen-bond acceptors (Lipinski definition) is 1. The molecule has 0 aliphatic rings. The van der Waals surface area contributed by atoms with Crippen LogP contribution < -0.4 is 0 Å². The van der Waals surface area contributed by atoms with Crippen molar-refractivity contribution in [3.05, 3.63) is 0 Å². The van der Waals surface area contributed by atoms with E-state index in [1.54, 1.807) is 0 Å². The zero-order chi connectivity index (χ0) is 9.49. The molecule has 0 atom stereocenters. The van der Waals surface area contributed by atoms with Crippen LogP contribution in [0.3, 0.4) is 0 Å². The summed E-state index contributed by atoms with van der Waals surface area (Å²) >= 11 is 0. The average molecular weight is 217 g/mol. The maximum atomic E-state index is 4.68. The van der Waals surface area contributed by atoms with Crippen LogP contribution in [0.25, 0.3) is 0 Å². The molecular weight excluding hydrogens is 199 g/mol. The van der Waals surface area contributed by atoms with Crippen molar-refractivity contribution < 1.29 is 0 Å². The Labute approximate surface area is 84.0 Å². The second-order valence-electron chi connectivity index (χ2n) is 4.22. The quantitative estimate of drug-likeness (QED) is 0.588. The van der Waals surface area contributed by atoms with Crippen LogP contribution in [0, 0.1) is 11.3 Å². The lowest BCUT2D eigenvalue weighted by atomic mass is 9.86.